The second-order valence-corrected chi connectivity index (χ2v) is 8.25. The highest BCUT2D eigenvalue weighted by atomic mass is 35.5. The number of anilines is 1. The summed E-state index contributed by atoms with van der Waals surface area (Å²) < 4.78 is 1.83. The van der Waals surface area contributed by atoms with Crippen molar-refractivity contribution in [3.8, 4) is 0 Å². The van der Waals surface area contributed by atoms with E-state index in [-0.39, 0.29) is 11.6 Å². The van der Waals surface area contributed by atoms with Crippen LogP contribution in [0.1, 0.15) is 27.3 Å². The van der Waals surface area contributed by atoms with E-state index in [1.807, 2.05) is 47.7 Å². The molecule has 4 rings (SSSR count). The number of carbonyl (C=O) groups excluding carboxylic acids is 1. The van der Waals surface area contributed by atoms with Gasteiger partial charge in [0.1, 0.15) is 0 Å². The van der Waals surface area contributed by atoms with Gasteiger partial charge in [0.15, 0.2) is 0 Å². The molecule has 1 aliphatic heterocycles. The number of hydrogen-bond donors (Lipinski definition) is 0. The zero-order valence-electron chi connectivity index (χ0n) is 18.0. The van der Waals surface area contributed by atoms with Crippen molar-refractivity contribution in [2.24, 2.45) is 0 Å². The van der Waals surface area contributed by atoms with Crippen LogP contribution in [0.4, 0.5) is 11.4 Å². The van der Waals surface area contributed by atoms with E-state index in [9.17, 15) is 14.9 Å². The number of aromatic nitrogens is 2. The summed E-state index contributed by atoms with van der Waals surface area (Å²) in [5, 5.41) is 16.1. The number of aryl methyl sites for hydroxylation is 1. The fourth-order valence-corrected chi connectivity index (χ4v) is 4.25. The summed E-state index contributed by atoms with van der Waals surface area (Å²) in [7, 11) is 0. The molecule has 32 heavy (non-hydrogen) atoms. The minimum atomic E-state index is -0.406. The third-order valence-electron chi connectivity index (χ3n) is 5.87. The average Bonchev–Trinajstić information content (AvgIpc) is 3.07. The van der Waals surface area contributed by atoms with Crippen molar-refractivity contribution >= 4 is 28.9 Å². The first-order chi connectivity index (χ1) is 15.3. The summed E-state index contributed by atoms with van der Waals surface area (Å²) in [4.78, 5) is 27.7. The van der Waals surface area contributed by atoms with Crippen LogP contribution in [0.3, 0.4) is 0 Å². The van der Waals surface area contributed by atoms with Gasteiger partial charge in [-0.05, 0) is 37.6 Å². The van der Waals surface area contributed by atoms with E-state index < -0.39 is 4.92 Å². The van der Waals surface area contributed by atoms with Crippen LogP contribution in [0.5, 0.6) is 0 Å². The van der Waals surface area contributed by atoms with Gasteiger partial charge in [0.2, 0.25) is 0 Å². The zero-order valence-corrected chi connectivity index (χ0v) is 18.7. The molecular weight excluding hydrogens is 430 g/mol. The van der Waals surface area contributed by atoms with Crippen molar-refractivity contribution in [1.82, 2.24) is 14.7 Å². The van der Waals surface area contributed by atoms with Gasteiger partial charge in [-0.15, -0.1) is 0 Å². The first kappa shape index (κ1) is 21.8. The first-order valence-electron chi connectivity index (χ1n) is 10.4. The number of non-ortho nitro benzene ring substituents is 1. The molecule has 3 aromatic rings. The van der Waals surface area contributed by atoms with E-state index in [0.29, 0.717) is 49.0 Å². The van der Waals surface area contributed by atoms with Crippen LogP contribution in [-0.4, -0.2) is 51.7 Å². The molecule has 0 spiro atoms. The van der Waals surface area contributed by atoms with E-state index >= 15 is 0 Å². The second-order valence-electron chi connectivity index (χ2n) is 7.85. The molecule has 0 saturated carbocycles. The molecular formula is C23H24ClN5O3. The molecule has 9 heteroatoms. The fourth-order valence-electron chi connectivity index (χ4n) is 4.06. The molecule has 2 heterocycles. The molecule has 1 amide bonds. The number of hydrogen-bond acceptors (Lipinski definition) is 5. The average molecular weight is 454 g/mol. The Morgan fingerprint density at radius 1 is 1.06 bits per heavy atom. The molecule has 0 atom stereocenters. The van der Waals surface area contributed by atoms with E-state index in [0.717, 1.165) is 16.9 Å². The van der Waals surface area contributed by atoms with Gasteiger partial charge in [-0.1, -0.05) is 29.8 Å². The van der Waals surface area contributed by atoms with E-state index in [1.54, 1.807) is 12.1 Å². The van der Waals surface area contributed by atoms with Gasteiger partial charge in [-0.2, -0.15) is 5.10 Å². The molecule has 0 aliphatic carbocycles. The summed E-state index contributed by atoms with van der Waals surface area (Å²) in [6.45, 7) is 6.75. The van der Waals surface area contributed by atoms with Crippen LogP contribution in [0, 0.1) is 24.0 Å². The summed E-state index contributed by atoms with van der Waals surface area (Å²) in [5.74, 6) is -0.0197. The Kier molecular flexibility index (Phi) is 6.14. The maximum Gasteiger partial charge on any atom is 0.269 e. The van der Waals surface area contributed by atoms with Gasteiger partial charge in [0.25, 0.3) is 11.6 Å². The standard InChI is InChI=1S/C23H24ClN5O3/c1-16-22(17(2)28(25-16)15-18-5-3-4-6-21(18)24)23(30)27-13-11-26(12-14-27)19-7-9-20(10-8-19)29(31)32/h3-10H,11-15H2,1-2H3. The lowest BCUT2D eigenvalue weighted by atomic mass is 10.1. The minimum absolute atomic E-state index is 0.0197. The number of rotatable bonds is 5. The topological polar surface area (TPSA) is 84.5 Å². The highest BCUT2D eigenvalue weighted by Crippen LogP contribution is 2.23. The third-order valence-corrected chi connectivity index (χ3v) is 6.23. The van der Waals surface area contributed by atoms with Crippen LogP contribution in [0.15, 0.2) is 48.5 Å². The van der Waals surface area contributed by atoms with E-state index in [4.69, 9.17) is 11.6 Å². The highest BCUT2D eigenvalue weighted by Gasteiger charge is 2.27. The molecule has 1 aliphatic rings. The van der Waals surface area contributed by atoms with Crippen LogP contribution in [0.2, 0.25) is 5.02 Å². The molecule has 1 saturated heterocycles. The van der Waals surface area contributed by atoms with Crippen molar-refractivity contribution in [2.45, 2.75) is 20.4 Å². The molecule has 1 fully saturated rings. The minimum Gasteiger partial charge on any atom is -0.368 e. The van der Waals surface area contributed by atoms with Crippen LogP contribution >= 0.6 is 11.6 Å². The Labute approximate surface area is 191 Å². The molecule has 0 radical (unpaired) electrons. The van der Waals surface area contributed by atoms with Gasteiger partial charge < -0.3 is 9.80 Å². The Hall–Kier alpha value is -3.39. The van der Waals surface area contributed by atoms with Gasteiger partial charge in [-0.25, -0.2) is 0 Å². The lowest BCUT2D eigenvalue weighted by Crippen LogP contribution is -2.49. The molecule has 8 nitrogen and oxygen atoms in total. The number of amides is 1. The first-order valence-corrected chi connectivity index (χ1v) is 10.8. The van der Waals surface area contributed by atoms with Crippen LogP contribution < -0.4 is 4.90 Å². The molecule has 0 unspecified atom stereocenters. The van der Waals surface area contributed by atoms with E-state index in [2.05, 4.69) is 10.00 Å². The number of nitro groups is 1. The van der Waals surface area contributed by atoms with Crippen molar-refractivity contribution in [3.05, 3.63) is 86.2 Å². The molecule has 1 aromatic heterocycles. The van der Waals surface area contributed by atoms with Crippen molar-refractivity contribution in [3.63, 3.8) is 0 Å². The second kappa shape index (κ2) is 9.00. The predicted molar refractivity (Wildman–Crippen MR) is 123 cm³/mol. The van der Waals surface area contributed by atoms with Crippen molar-refractivity contribution in [1.29, 1.82) is 0 Å². The summed E-state index contributed by atoms with van der Waals surface area (Å²) >= 11 is 6.29. The Morgan fingerprint density at radius 2 is 1.72 bits per heavy atom. The fraction of sp³-hybridized carbons (Fsp3) is 0.304. The largest absolute Gasteiger partial charge is 0.368 e. The summed E-state index contributed by atoms with van der Waals surface area (Å²) in [5.41, 5.74) is 4.11. The number of carbonyl (C=O) groups is 1. The van der Waals surface area contributed by atoms with Gasteiger partial charge >= 0.3 is 0 Å². The number of halogens is 1. The lowest BCUT2D eigenvalue weighted by Gasteiger charge is -2.36. The van der Waals surface area contributed by atoms with E-state index in [1.165, 1.54) is 12.1 Å². The predicted octanol–water partition coefficient (Wildman–Crippen LogP) is 4.07. The maximum absolute atomic E-state index is 13.3. The molecule has 2 aromatic carbocycles. The Balaban J connectivity index is 1.45. The smallest absolute Gasteiger partial charge is 0.269 e. The molecule has 0 N–H and O–H groups in total. The van der Waals surface area contributed by atoms with Crippen LogP contribution in [0.25, 0.3) is 0 Å². The van der Waals surface area contributed by atoms with Gasteiger partial charge in [-0.3, -0.25) is 19.6 Å². The lowest BCUT2D eigenvalue weighted by molar-refractivity contribution is -0.384. The van der Waals surface area contributed by atoms with Crippen molar-refractivity contribution < 1.29 is 9.72 Å². The highest BCUT2D eigenvalue weighted by molar-refractivity contribution is 6.31. The van der Waals surface area contributed by atoms with Gasteiger partial charge in [0, 0.05) is 54.7 Å². The Bertz CT molecular complexity index is 1150. The summed E-state index contributed by atoms with van der Waals surface area (Å²) in [6, 6.07) is 14.1. The SMILES string of the molecule is Cc1nn(Cc2ccccc2Cl)c(C)c1C(=O)N1CCN(c2ccc([N+](=O)[O-])cc2)CC1. The zero-order chi connectivity index (χ0) is 22.8. The third kappa shape index (κ3) is 4.31. The molecule has 166 valence electrons. The monoisotopic (exact) mass is 453 g/mol. The van der Waals surface area contributed by atoms with Crippen LogP contribution in [-0.2, 0) is 6.54 Å². The quantitative estimate of drug-likeness (QED) is 0.429. The number of nitrogens with zero attached hydrogens (tertiary/aromatic N) is 5. The normalized spacial score (nSPS) is 14.0. The maximum atomic E-state index is 13.3. The summed E-state index contributed by atoms with van der Waals surface area (Å²) in [6.07, 6.45) is 0. The van der Waals surface area contributed by atoms with Gasteiger partial charge in [0.05, 0.1) is 22.7 Å². The Morgan fingerprint density at radius 3 is 2.34 bits per heavy atom. The molecule has 0 bridgehead atoms. The number of piperazine rings is 1. The number of benzene rings is 2. The number of nitro benzene ring substituents is 1. The van der Waals surface area contributed by atoms with Crippen molar-refractivity contribution in [2.75, 3.05) is 31.1 Å².